The number of hydrogen-bond donors (Lipinski definition) is 1. The Hall–Kier alpha value is -3.67. The average molecular weight is 537 g/mol. The number of carbonyl (C=O) groups excluding carboxylic acids is 2. The number of aryl methyl sites for hydroxylation is 2. The first-order valence-electron chi connectivity index (χ1n) is 12.2. The van der Waals surface area contributed by atoms with E-state index >= 15 is 0 Å². The average Bonchev–Trinajstić information content (AvgIpc) is 3.17. The Balaban J connectivity index is 1.69. The van der Waals surface area contributed by atoms with Crippen molar-refractivity contribution < 1.29 is 37.0 Å². The van der Waals surface area contributed by atoms with Crippen LogP contribution in [0.3, 0.4) is 0 Å². The van der Waals surface area contributed by atoms with Gasteiger partial charge in [0.15, 0.2) is 24.7 Å². The third-order valence-corrected chi connectivity index (χ3v) is 6.59. The molecule has 2 amide bonds. The Morgan fingerprint density at radius 1 is 1.16 bits per heavy atom. The highest BCUT2D eigenvalue weighted by molar-refractivity contribution is 6.03. The molecule has 38 heavy (non-hydrogen) atoms. The summed E-state index contributed by atoms with van der Waals surface area (Å²) in [5.74, 6) is -1.36. The number of ether oxygens (including phenoxy) is 1. The molecule has 204 valence electrons. The number of hydrogen-bond acceptors (Lipinski definition) is 5. The topological polar surface area (TPSA) is 85.7 Å². The van der Waals surface area contributed by atoms with Crippen LogP contribution in [0.25, 0.3) is 22.3 Å². The first-order valence-corrected chi connectivity index (χ1v) is 12.2. The molecule has 1 fully saturated rings. The summed E-state index contributed by atoms with van der Waals surface area (Å²) >= 11 is 0. The van der Waals surface area contributed by atoms with Gasteiger partial charge < -0.3 is 19.5 Å². The van der Waals surface area contributed by atoms with Crippen molar-refractivity contribution >= 4 is 22.8 Å². The minimum atomic E-state index is -4.62. The molecule has 12 heteroatoms. The van der Waals surface area contributed by atoms with E-state index in [1.54, 1.807) is 7.05 Å². The molecule has 0 aliphatic carbocycles. The molecule has 8 nitrogen and oxygen atoms in total. The number of alkyl halides is 3. The lowest BCUT2D eigenvalue weighted by atomic mass is 10.0. The van der Waals surface area contributed by atoms with Gasteiger partial charge in [-0.2, -0.15) is 18.1 Å². The number of pyridine rings is 1. The summed E-state index contributed by atoms with van der Waals surface area (Å²) in [4.78, 5) is 34.8. The highest BCUT2D eigenvalue weighted by Gasteiger charge is 2.33. The van der Waals surface area contributed by atoms with E-state index in [9.17, 15) is 27.3 Å². The number of halogens is 4. The van der Waals surface area contributed by atoms with Gasteiger partial charge in [0.2, 0.25) is 0 Å². The molecule has 3 heterocycles. The van der Waals surface area contributed by atoms with Crippen LogP contribution in [0.4, 0.5) is 17.7 Å². The van der Waals surface area contributed by atoms with Crippen molar-refractivity contribution in [1.82, 2.24) is 19.8 Å². The smallest absolute Gasteiger partial charge is 0.422 e. The summed E-state index contributed by atoms with van der Waals surface area (Å²) in [6.07, 6.45) is -3.22. The Bertz CT molecular complexity index is 1300. The Labute approximate surface area is 216 Å². The molecule has 0 radical (unpaired) electrons. The maximum Gasteiger partial charge on any atom is 0.422 e. The van der Waals surface area contributed by atoms with Crippen LogP contribution in [0.5, 0.6) is 5.75 Å². The monoisotopic (exact) mass is 536 g/mol. The molecule has 1 aliphatic heterocycles. The van der Waals surface area contributed by atoms with Crippen LogP contribution in [-0.2, 0) is 23.2 Å². The van der Waals surface area contributed by atoms with Gasteiger partial charge in [-0.15, -0.1) is 0 Å². The molecule has 1 saturated heterocycles. The predicted octanol–water partition coefficient (Wildman–Crippen LogP) is 4.37. The molecule has 4 rings (SSSR count). The minimum Gasteiger partial charge on any atom is -0.479 e. The quantitative estimate of drug-likeness (QED) is 0.433. The van der Waals surface area contributed by atoms with Crippen molar-refractivity contribution in [1.29, 1.82) is 0 Å². The summed E-state index contributed by atoms with van der Waals surface area (Å²) in [7, 11) is 1.58. The fourth-order valence-electron chi connectivity index (χ4n) is 4.68. The largest absolute Gasteiger partial charge is 0.479 e. The highest BCUT2D eigenvalue weighted by atomic mass is 19.4. The highest BCUT2D eigenvalue weighted by Crippen LogP contribution is 2.36. The summed E-state index contributed by atoms with van der Waals surface area (Å²) in [5, 5.41) is 2.85. The molecule has 0 bridgehead atoms. The van der Waals surface area contributed by atoms with Crippen molar-refractivity contribution in [2.24, 2.45) is 7.05 Å². The van der Waals surface area contributed by atoms with Crippen LogP contribution < -0.4 is 10.1 Å². The van der Waals surface area contributed by atoms with E-state index in [0.717, 1.165) is 11.1 Å². The minimum absolute atomic E-state index is 0.0756. The second-order valence-electron chi connectivity index (χ2n) is 9.11. The van der Waals surface area contributed by atoms with Crippen LogP contribution in [0.1, 0.15) is 35.8 Å². The maximum atomic E-state index is 13.4. The number of nitrogens with zero attached hydrogens (tertiary/aromatic N) is 3. The van der Waals surface area contributed by atoms with Crippen LogP contribution in [0.15, 0.2) is 36.4 Å². The molecule has 0 saturated carbocycles. The first-order chi connectivity index (χ1) is 18.1. The van der Waals surface area contributed by atoms with Crippen LogP contribution >= 0.6 is 0 Å². The van der Waals surface area contributed by atoms with Crippen molar-refractivity contribution in [3.05, 3.63) is 47.7 Å². The van der Waals surface area contributed by atoms with Crippen molar-refractivity contribution in [3.8, 4) is 17.0 Å². The number of piperidine rings is 1. The molecule has 1 aromatic carbocycles. The number of fused-ring (bicyclic) bond motifs is 1. The second kappa shape index (κ2) is 11.4. The summed E-state index contributed by atoms with van der Waals surface area (Å²) < 4.78 is 58.2. The summed E-state index contributed by atoms with van der Waals surface area (Å²) in [6.45, 7) is 0.249. The van der Waals surface area contributed by atoms with Gasteiger partial charge in [-0.3, -0.25) is 9.59 Å². The standard InChI is InChI=1S/C26H28F4N4O4/c1-3-16-13-19-22(32-21(16)17-7-5-4-6-8-17)24(37-15-26(27,28)29)23(33(19)2)25(36)31-18-9-11-34(12-10-18)20(35)14-38-30/h4-8,13,18H,3,9-12,14-15H2,1-2H3,(H,31,36). The van der Waals surface area contributed by atoms with Crippen LogP contribution in [0.2, 0.25) is 0 Å². The van der Waals surface area contributed by atoms with Gasteiger partial charge in [0.1, 0.15) is 5.52 Å². The zero-order chi connectivity index (χ0) is 27.4. The van der Waals surface area contributed by atoms with Crippen molar-refractivity contribution in [2.75, 3.05) is 26.3 Å². The molecular formula is C26H28F4N4O4. The van der Waals surface area contributed by atoms with E-state index < -0.39 is 31.2 Å². The number of nitrogens with one attached hydrogen (secondary N) is 1. The Kier molecular flexibility index (Phi) is 8.20. The molecule has 0 spiro atoms. The van der Waals surface area contributed by atoms with Gasteiger partial charge in [-0.1, -0.05) is 37.3 Å². The van der Waals surface area contributed by atoms with Crippen molar-refractivity contribution in [3.63, 3.8) is 0 Å². The summed E-state index contributed by atoms with van der Waals surface area (Å²) in [5.41, 5.74) is 2.81. The lowest BCUT2D eigenvalue weighted by Crippen LogP contribution is -2.47. The van der Waals surface area contributed by atoms with Crippen molar-refractivity contribution in [2.45, 2.75) is 38.4 Å². The van der Waals surface area contributed by atoms with Gasteiger partial charge >= 0.3 is 6.18 Å². The molecular weight excluding hydrogens is 508 g/mol. The molecule has 1 N–H and O–H groups in total. The van der Waals surface area contributed by atoms with E-state index in [0.29, 0.717) is 30.5 Å². The Morgan fingerprint density at radius 3 is 2.45 bits per heavy atom. The van der Waals surface area contributed by atoms with Crippen LogP contribution in [-0.4, -0.2) is 64.8 Å². The fraction of sp³-hybridized carbons (Fsp3) is 0.423. The summed E-state index contributed by atoms with van der Waals surface area (Å²) in [6, 6.07) is 10.7. The lowest BCUT2D eigenvalue weighted by Gasteiger charge is -2.32. The number of benzene rings is 1. The molecule has 3 aromatic rings. The zero-order valence-electron chi connectivity index (χ0n) is 21.0. The number of amides is 2. The number of rotatable bonds is 8. The second-order valence-corrected chi connectivity index (χ2v) is 9.11. The van der Waals surface area contributed by atoms with E-state index in [-0.39, 0.29) is 36.1 Å². The van der Waals surface area contributed by atoms with Gasteiger partial charge in [0.25, 0.3) is 11.8 Å². The molecule has 0 unspecified atom stereocenters. The van der Waals surface area contributed by atoms with E-state index in [1.165, 1.54) is 9.47 Å². The Morgan fingerprint density at radius 2 is 1.84 bits per heavy atom. The lowest BCUT2D eigenvalue weighted by molar-refractivity contribution is -0.165. The number of carbonyl (C=O) groups is 2. The van der Waals surface area contributed by atoms with E-state index in [1.807, 2.05) is 43.3 Å². The SMILES string of the molecule is CCc1cc2c(nc1-c1ccccc1)c(OCC(F)(F)F)c(C(=O)NC1CCN(C(=O)COF)CC1)n2C. The fourth-order valence-corrected chi connectivity index (χ4v) is 4.68. The third-order valence-electron chi connectivity index (χ3n) is 6.59. The third kappa shape index (κ3) is 5.90. The molecule has 1 aliphatic rings. The predicted molar refractivity (Wildman–Crippen MR) is 131 cm³/mol. The first kappa shape index (κ1) is 27.4. The van der Waals surface area contributed by atoms with E-state index in [4.69, 9.17) is 9.72 Å². The molecule has 2 aromatic heterocycles. The zero-order valence-corrected chi connectivity index (χ0v) is 21.0. The van der Waals surface area contributed by atoms with Gasteiger partial charge in [0.05, 0.1) is 11.2 Å². The van der Waals surface area contributed by atoms with E-state index in [2.05, 4.69) is 10.3 Å². The number of likely N-dealkylation sites (tertiary alicyclic amines) is 1. The normalized spacial score (nSPS) is 14.6. The molecule has 0 atom stereocenters. The maximum absolute atomic E-state index is 13.4. The van der Waals surface area contributed by atoms with Gasteiger partial charge in [0, 0.05) is 31.7 Å². The number of aromatic nitrogens is 2. The van der Waals surface area contributed by atoms with Gasteiger partial charge in [-0.05, 0) is 35.4 Å². The van der Waals surface area contributed by atoms with Crippen LogP contribution in [0, 0.1) is 0 Å². The van der Waals surface area contributed by atoms with Gasteiger partial charge in [-0.25, -0.2) is 4.98 Å².